The van der Waals surface area contributed by atoms with E-state index in [0.717, 1.165) is 5.69 Å². The first-order valence-electron chi connectivity index (χ1n) is 4.00. The standard InChI is InChI=1S/C8H12N2O3/c11-8(12,13)3-1-2-7-6-9-4-5-10-7/h4-6,11-13H,1-3H2. The van der Waals surface area contributed by atoms with Gasteiger partial charge in [-0.25, -0.2) is 0 Å². The average Bonchev–Trinajstić information content (AvgIpc) is 2.04. The number of aryl methyl sites for hydroxylation is 1. The van der Waals surface area contributed by atoms with E-state index in [0.29, 0.717) is 12.8 Å². The molecule has 5 nitrogen and oxygen atoms in total. The van der Waals surface area contributed by atoms with Crippen molar-refractivity contribution in [2.24, 2.45) is 0 Å². The molecule has 1 heterocycles. The van der Waals surface area contributed by atoms with Crippen LogP contribution in [0.2, 0.25) is 0 Å². The van der Waals surface area contributed by atoms with Crippen molar-refractivity contribution in [1.29, 1.82) is 0 Å². The van der Waals surface area contributed by atoms with Gasteiger partial charge in [0.2, 0.25) is 0 Å². The van der Waals surface area contributed by atoms with Gasteiger partial charge in [0.15, 0.2) is 0 Å². The molecular weight excluding hydrogens is 172 g/mol. The van der Waals surface area contributed by atoms with Gasteiger partial charge in [0.25, 0.3) is 5.97 Å². The molecule has 0 aromatic carbocycles. The van der Waals surface area contributed by atoms with E-state index in [1.54, 1.807) is 18.6 Å². The molecule has 0 aliphatic rings. The maximum absolute atomic E-state index is 8.57. The van der Waals surface area contributed by atoms with Gasteiger partial charge in [-0.3, -0.25) is 9.97 Å². The van der Waals surface area contributed by atoms with Crippen LogP contribution in [0.4, 0.5) is 0 Å². The minimum atomic E-state index is -2.57. The number of aliphatic hydroxyl groups is 3. The topological polar surface area (TPSA) is 86.5 Å². The van der Waals surface area contributed by atoms with Crippen LogP contribution < -0.4 is 0 Å². The summed E-state index contributed by atoms with van der Waals surface area (Å²) >= 11 is 0. The maximum Gasteiger partial charge on any atom is 0.275 e. The first-order valence-corrected chi connectivity index (χ1v) is 4.00. The molecule has 0 aliphatic heterocycles. The van der Waals surface area contributed by atoms with Gasteiger partial charge in [-0.05, 0) is 12.8 Å². The maximum atomic E-state index is 8.57. The Balaban J connectivity index is 2.29. The molecule has 0 bridgehead atoms. The fourth-order valence-corrected chi connectivity index (χ4v) is 0.966. The Kier molecular flexibility index (Phi) is 3.30. The van der Waals surface area contributed by atoms with Crippen molar-refractivity contribution < 1.29 is 15.3 Å². The zero-order valence-electron chi connectivity index (χ0n) is 7.09. The van der Waals surface area contributed by atoms with E-state index in [-0.39, 0.29) is 6.42 Å². The molecule has 0 atom stereocenters. The van der Waals surface area contributed by atoms with E-state index in [1.807, 2.05) is 0 Å². The van der Waals surface area contributed by atoms with Crippen LogP contribution in [0.15, 0.2) is 18.6 Å². The SMILES string of the molecule is OC(O)(O)CCCc1cnccn1. The van der Waals surface area contributed by atoms with Gasteiger partial charge in [0.1, 0.15) is 0 Å². The Hall–Kier alpha value is -1.04. The molecule has 0 spiro atoms. The summed E-state index contributed by atoms with van der Waals surface area (Å²) in [6, 6.07) is 0. The van der Waals surface area contributed by atoms with Crippen LogP contribution >= 0.6 is 0 Å². The number of hydrogen-bond donors (Lipinski definition) is 3. The second kappa shape index (κ2) is 4.27. The number of rotatable bonds is 4. The summed E-state index contributed by atoms with van der Waals surface area (Å²) in [5, 5.41) is 25.7. The van der Waals surface area contributed by atoms with Gasteiger partial charge in [0.05, 0.1) is 5.69 Å². The predicted octanol–water partition coefficient (Wildman–Crippen LogP) is -0.570. The van der Waals surface area contributed by atoms with E-state index in [9.17, 15) is 0 Å². The summed E-state index contributed by atoms with van der Waals surface area (Å²) < 4.78 is 0. The van der Waals surface area contributed by atoms with Crippen molar-refractivity contribution in [3.63, 3.8) is 0 Å². The van der Waals surface area contributed by atoms with E-state index in [1.165, 1.54) is 0 Å². The highest BCUT2D eigenvalue weighted by Crippen LogP contribution is 2.07. The molecule has 72 valence electrons. The highest BCUT2D eigenvalue weighted by Gasteiger charge is 2.16. The van der Waals surface area contributed by atoms with Gasteiger partial charge in [0, 0.05) is 25.0 Å². The molecule has 1 aromatic rings. The van der Waals surface area contributed by atoms with Crippen LogP contribution in [0.3, 0.4) is 0 Å². The summed E-state index contributed by atoms with van der Waals surface area (Å²) in [4.78, 5) is 7.84. The highest BCUT2D eigenvalue weighted by molar-refractivity contribution is 4.94. The lowest BCUT2D eigenvalue weighted by Crippen LogP contribution is -2.26. The fraction of sp³-hybridized carbons (Fsp3) is 0.500. The Labute approximate surface area is 75.7 Å². The Morgan fingerprint density at radius 3 is 2.54 bits per heavy atom. The summed E-state index contributed by atoms with van der Waals surface area (Å²) in [5.41, 5.74) is 0.770. The van der Waals surface area contributed by atoms with Crippen LogP contribution in [-0.2, 0) is 6.42 Å². The number of hydrogen-bond acceptors (Lipinski definition) is 5. The van der Waals surface area contributed by atoms with E-state index in [2.05, 4.69) is 9.97 Å². The predicted molar refractivity (Wildman–Crippen MR) is 44.4 cm³/mol. The molecule has 0 aliphatic carbocycles. The molecule has 0 fully saturated rings. The fourth-order valence-electron chi connectivity index (χ4n) is 0.966. The third-order valence-electron chi connectivity index (χ3n) is 1.56. The monoisotopic (exact) mass is 184 g/mol. The highest BCUT2D eigenvalue weighted by atomic mass is 16.7. The molecule has 0 saturated carbocycles. The number of aromatic nitrogens is 2. The lowest BCUT2D eigenvalue weighted by molar-refractivity contribution is -0.314. The quantitative estimate of drug-likeness (QED) is 0.545. The number of nitrogens with zero attached hydrogens (tertiary/aromatic N) is 2. The lowest BCUT2D eigenvalue weighted by Gasteiger charge is -2.12. The largest absolute Gasteiger partial charge is 0.344 e. The molecule has 0 unspecified atom stereocenters. The summed E-state index contributed by atoms with van der Waals surface area (Å²) in [6.45, 7) is 0. The van der Waals surface area contributed by atoms with Gasteiger partial charge < -0.3 is 15.3 Å². The van der Waals surface area contributed by atoms with Gasteiger partial charge >= 0.3 is 0 Å². The molecule has 1 rings (SSSR count). The summed E-state index contributed by atoms with van der Waals surface area (Å²) in [5.74, 6) is -2.57. The first-order chi connectivity index (χ1) is 6.08. The van der Waals surface area contributed by atoms with Crippen molar-refractivity contribution in [3.8, 4) is 0 Å². The third-order valence-corrected chi connectivity index (χ3v) is 1.56. The van der Waals surface area contributed by atoms with Gasteiger partial charge in [-0.2, -0.15) is 0 Å². The Morgan fingerprint density at radius 2 is 2.00 bits per heavy atom. The van der Waals surface area contributed by atoms with Crippen LogP contribution in [0, 0.1) is 0 Å². The zero-order chi connectivity index (χ0) is 9.73. The lowest BCUT2D eigenvalue weighted by atomic mass is 10.2. The zero-order valence-corrected chi connectivity index (χ0v) is 7.09. The van der Waals surface area contributed by atoms with Crippen LogP contribution in [0.1, 0.15) is 18.5 Å². The molecular formula is C8H12N2O3. The minimum absolute atomic E-state index is 0.0937. The summed E-state index contributed by atoms with van der Waals surface area (Å²) in [6.07, 6.45) is 5.66. The van der Waals surface area contributed by atoms with Crippen molar-refractivity contribution in [1.82, 2.24) is 9.97 Å². The second-order valence-corrected chi connectivity index (χ2v) is 2.82. The molecule has 0 amide bonds. The van der Waals surface area contributed by atoms with Crippen molar-refractivity contribution in [2.75, 3.05) is 0 Å². The van der Waals surface area contributed by atoms with E-state index in [4.69, 9.17) is 15.3 Å². The van der Waals surface area contributed by atoms with E-state index >= 15 is 0 Å². The smallest absolute Gasteiger partial charge is 0.275 e. The van der Waals surface area contributed by atoms with Gasteiger partial charge in [-0.1, -0.05) is 0 Å². The third kappa shape index (κ3) is 4.51. The molecule has 3 N–H and O–H groups in total. The molecule has 0 saturated heterocycles. The first kappa shape index (κ1) is 10.0. The molecule has 1 aromatic heterocycles. The molecule has 5 heteroatoms. The molecule has 0 radical (unpaired) electrons. The van der Waals surface area contributed by atoms with Crippen molar-refractivity contribution in [3.05, 3.63) is 24.3 Å². The Morgan fingerprint density at radius 1 is 1.23 bits per heavy atom. The van der Waals surface area contributed by atoms with Crippen molar-refractivity contribution in [2.45, 2.75) is 25.2 Å². The molecule has 13 heavy (non-hydrogen) atoms. The Bertz CT molecular complexity index is 245. The minimum Gasteiger partial charge on any atom is -0.344 e. The second-order valence-electron chi connectivity index (χ2n) is 2.82. The summed E-state index contributed by atoms with van der Waals surface area (Å²) in [7, 11) is 0. The van der Waals surface area contributed by atoms with Crippen LogP contribution in [-0.4, -0.2) is 31.3 Å². The normalized spacial score (nSPS) is 11.6. The van der Waals surface area contributed by atoms with Crippen LogP contribution in [0.25, 0.3) is 0 Å². The van der Waals surface area contributed by atoms with Gasteiger partial charge in [-0.15, -0.1) is 0 Å². The van der Waals surface area contributed by atoms with Crippen LogP contribution in [0.5, 0.6) is 0 Å². The average molecular weight is 184 g/mol. The van der Waals surface area contributed by atoms with E-state index < -0.39 is 5.97 Å². The van der Waals surface area contributed by atoms with Crippen molar-refractivity contribution >= 4 is 0 Å².